The van der Waals surface area contributed by atoms with Crippen molar-refractivity contribution in [1.29, 1.82) is 0 Å². The normalized spacial score (nSPS) is 10.5. The summed E-state index contributed by atoms with van der Waals surface area (Å²) in [6.45, 7) is 6.20. The number of fused-ring (bicyclic) bond motifs is 1. The van der Waals surface area contributed by atoms with Gasteiger partial charge in [0.1, 0.15) is 0 Å². The van der Waals surface area contributed by atoms with E-state index < -0.39 is 0 Å². The number of para-hydroxylation sites is 1. The molecule has 3 nitrogen and oxygen atoms in total. The molecule has 0 aliphatic carbocycles. The van der Waals surface area contributed by atoms with E-state index in [-0.39, 0.29) is 5.56 Å². The molecule has 0 saturated heterocycles. The molecule has 1 heterocycles. The number of benzene rings is 1. The number of hydrogen-bond acceptors (Lipinski definition) is 2. The number of nitrogens with zero attached hydrogens (tertiary/aromatic N) is 2. The van der Waals surface area contributed by atoms with Crippen molar-refractivity contribution in [3.05, 3.63) is 53.1 Å². The molecular formula is C12H12N2O. The monoisotopic (exact) mass is 200 g/mol. The van der Waals surface area contributed by atoms with Gasteiger partial charge >= 0.3 is 0 Å². The van der Waals surface area contributed by atoms with Gasteiger partial charge in [-0.05, 0) is 19.1 Å². The van der Waals surface area contributed by atoms with E-state index in [1.807, 2.05) is 25.1 Å². The van der Waals surface area contributed by atoms with Gasteiger partial charge in [-0.3, -0.25) is 9.36 Å². The zero-order chi connectivity index (χ0) is 10.8. The number of allylic oxidation sites excluding steroid dienone is 1. The molecule has 0 radical (unpaired) electrons. The molecule has 0 aliphatic rings. The van der Waals surface area contributed by atoms with Gasteiger partial charge in [0.05, 0.1) is 17.2 Å². The molecule has 0 atom stereocenters. The van der Waals surface area contributed by atoms with Crippen LogP contribution in [0.5, 0.6) is 0 Å². The summed E-state index contributed by atoms with van der Waals surface area (Å²) in [5.74, 6) is 0. The molecule has 0 N–H and O–H groups in total. The Bertz CT molecular complexity index is 569. The van der Waals surface area contributed by atoms with Crippen LogP contribution in [0.1, 0.15) is 6.92 Å². The summed E-state index contributed by atoms with van der Waals surface area (Å²) in [6.07, 6.45) is 1.57. The van der Waals surface area contributed by atoms with Crippen LogP contribution in [0.25, 0.3) is 10.9 Å². The van der Waals surface area contributed by atoms with Gasteiger partial charge in [0.25, 0.3) is 5.56 Å². The predicted molar refractivity (Wildman–Crippen MR) is 60.8 cm³/mol. The van der Waals surface area contributed by atoms with Gasteiger partial charge in [0, 0.05) is 6.54 Å². The molecule has 2 aromatic rings. The van der Waals surface area contributed by atoms with Gasteiger partial charge in [0.15, 0.2) is 0 Å². The fourth-order valence-electron chi connectivity index (χ4n) is 1.51. The fourth-order valence-corrected chi connectivity index (χ4v) is 1.51. The highest BCUT2D eigenvalue weighted by molar-refractivity contribution is 5.76. The van der Waals surface area contributed by atoms with Gasteiger partial charge in [-0.15, -0.1) is 0 Å². The van der Waals surface area contributed by atoms with Gasteiger partial charge in [-0.2, -0.15) is 0 Å². The third-order valence-electron chi connectivity index (χ3n) is 2.17. The zero-order valence-corrected chi connectivity index (χ0v) is 8.60. The standard InChI is InChI=1S/C12H12N2O/c1-9(2)7-14-8-13-11-6-4-3-5-10(11)12(14)15/h3-6,8H,1,7H2,2H3. The number of aromatic nitrogens is 2. The minimum Gasteiger partial charge on any atom is -0.295 e. The Labute approximate surface area is 87.7 Å². The second-order valence-electron chi connectivity index (χ2n) is 3.65. The first-order valence-electron chi connectivity index (χ1n) is 4.77. The predicted octanol–water partition coefficient (Wildman–Crippen LogP) is 1.97. The zero-order valence-electron chi connectivity index (χ0n) is 8.60. The molecule has 1 aromatic carbocycles. The molecule has 0 spiro atoms. The summed E-state index contributed by atoms with van der Waals surface area (Å²) in [5, 5.41) is 0.654. The molecule has 15 heavy (non-hydrogen) atoms. The van der Waals surface area contributed by atoms with E-state index >= 15 is 0 Å². The van der Waals surface area contributed by atoms with Crippen LogP contribution >= 0.6 is 0 Å². The van der Waals surface area contributed by atoms with Crippen LogP contribution in [0, 0.1) is 0 Å². The van der Waals surface area contributed by atoms with Crippen molar-refractivity contribution >= 4 is 10.9 Å². The lowest BCUT2D eigenvalue weighted by Gasteiger charge is -2.05. The van der Waals surface area contributed by atoms with Crippen molar-refractivity contribution in [2.24, 2.45) is 0 Å². The molecule has 0 aliphatic heterocycles. The van der Waals surface area contributed by atoms with E-state index in [1.165, 1.54) is 0 Å². The summed E-state index contributed by atoms with van der Waals surface area (Å²) >= 11 is 0. The van der Waals surface area contributed by atoms with Gasteiger partial charge < -0.3 is 0 Å². The Kier molecular flexibility index (Phi) is 2.37. The summed E-state index contributed by atoms with van der Waals surface area (Å²) in [5.41, 5.74) is 1.67. The quantitative estimate of drug-likeness (QED) is 0.695. The highest BCUT2D eigenvalue weighted by Gasteiger charge is 2.02. The van der Waals surface area contributed by atoms with Crippen molar-refractivity contribution in [2.75, 3.05) is 0 Å². The van der Waals surface area contributed by atoms with E-state index in [4.69, 9.17) is 0 Å². The minimum atomic E-state index is -0.0106. The summed E-state index contributed by atoms with van der Waals surface area (Å²) in [4.78, 5) is 16.2. The van der Waals surface area contributed by atoms with Crippen molar-refractivity contribution < 1.29 is 0 Å². The minimum absolute atomic E-state index is 0.0106. The first kappa shape index (κ1) is 9.65. The van der Waals surface area contributed by atoms with E-state index in [9.17, 15) is 4.79 Å². The highest BCUT2D eigenvalue weighted by atomic mass is 16.1. The Morgan fingerprint density at radius 2 is 2.20 bits per heavy atom. The summed E-state index contributed by atoms with van der Waals surface area (Å²) in [6, 6.07) is 7.34. The Morgan fingerprint density at radius 1 is 1.47 bits per heavy atom. The third-order valence-corrected chi connectivity index (χ3v) is 2.17. The van der Waals surface area contributed by atoms with E-state index in [0.717, 1.165) is 11.1 Å². The maximum absolute atomic E-state index is 11.9. The molecule has 0 fully saturated rings. The average Bonchev–Trinajstić information content (AvgIpc) is 2.22. The summed E-state index contributed by atoms with van der Waals surface area (Å²) < 4.78 is 1.57. The van der Waals surface area contributed by atoms with Crippen LogP contribution in [-0.2, 0) is 6.54 Å². The average molecular weight is 200 g/mol. The largest absolute Gasteiger partial charge is 0.295 e. The molecule has 0 saturated carbocycles. The highest BCUT2D eigenvalue weighted by Crippen LogP contribution is 2.05. The smallest absolute Gasteiger partial charge is 0.261 e. The fraction of sp³-hybridized carbons (Fsp3) is 0.167. The SMILES string of the molecule is C=C(C)Cn1cnc2ccccc2c1=O. The maximum Gasteiger partial charge on any atom is 0.261 e. The van der Waals surface area contributed by atoms with Crippen molar-refractivity contribution in [3.63, 3.8) is 0 Å². The van der Waals surface area contributed by atoms with Gasteiger partial charge in [0.2, 0.25) is 0 Å². The molecule has 1 aromatic heterocycles. The second-order valence-corrected chi connectivity index (χ2v) is 3.65. The molecular weight excluding hydrogens is 188 g/mol. The van der Waals surface area contributed by atoms with Crippen molar-refractivity contribution in [2.45, 2.75) is 13.5 Å². The van der Waals surface area contributed by atoms with Crippen molar-refractivity contribution in [3.8, 4) is 0 Å². The molecule has 0 amide bonds. The lowest BCUT2D eigenvalue weighted by atomic mass is 10.2. The van der Waals surface area contributed by atoms with E-state index in [2.05, 4.69) is 11.6 Å². The van der Waals surface area contributed by atoms with Crippen LogP contribution in [0.2, 0.25) is 0 Å². The maximum atomic E-state index is 11.9. The van der Waals surface area contributed by atoms with Gasteiger partial charge in [-0.1, -0.05) is 24.3 Å². The number of rotatable bonds is 2. The first-order chi connectivity index (χ1) is 7.18. The van der Waals surface area contributed by atoms with Gasteiger partial charge in [-0.25, -0.2) is 4.98 Å². The Balaban J connectivity index is 2.65. The lowest BCUT2D eigenvalue weighted by Crippen LogP contribution is -2.20. The number of hydrogen-bond donors (Lipinski definition) is 0. The van der Waals surface area contributed by atoms with Crippen LogP contribution in [0.3, 0.4) is 0 Å². The van der Waals surface area contributed by atoms with Crippen molar-refractivity contribution in [1.82, 2.24) is 9.55 Å². The topological polar surface area (TPSA) is 34.9 Å². The van der Waals surface area contributed by atoms with E-state index in [1.54, 1.807) is 17.0 Å². The van der Waals surface area contributed by atoms with Crippen LogP contribution in [-0.4, -0.2) is 9.55 Å². The summed E-state index contributed by atoms with van der Waals surface area (Å²) in [7, 11) is 0. The molecule has 0 bridgehead atoms. The van der Waals surface area contributed by atoms with Crippen LogP contribution in [0.15, 0.2) is 47.5 Å². The Morgan fingerprint density at radius 3 is 2.93 bits per heavy atom. The third kappa shape index (κ3) is 1.81. The molecule has 0 unspecified atom stereocenters. The molecule has 3 heteroatoms. The lowest BCUT2D eigenvalue weighted by molar-refractivity contribution is 0.738. The second kappa shape index (κ2) is 3.69. The molecule has 2 rings (SSSR count). The first-order valence-corrected chi connectivity index (χ1v) is 4.77. The Hall–Kier alpha value is -1.90. The molecule has 76 valence electrons. The van der Waals surface area contributed by atoms with E-state index in [0.29, 0.717) is 11.9 Å². The van der Waals surface area contributed by atoms with Crippen LogP contribution < -0.4 is 5.56 Å². The van der Waals surface area contributed by atoms with Crippen LogP contribution in [0.4, 0.5) is 0 Å².